The molecule has 2 aromatic carbocycles. The summed E-state index contributed by atoms with van der Waals surface area (Å²) in [5.74, 6) is 1.48. The molecule has 0 bridgehead atoms. The molecule has 0 aliphatic carbocycles. The molecule has 3 aromatic rings. The molecule has 6 nitrogen and oxygen atoms in total. The summed E-state index contributed by atoms with van der Waals surface area (Å²) in [6.45, 7) is 5.90. The minimum Gasteiger partial charge on any atom is -0.493 e. The van der Waals surface area contributed by atoms with Gasteiger partial charge >= 0.3 is 5.97 Å². The Bertz CT molecular complexity index is 1040. The van der Waals surface area contributed by atoms with E-state index < -0.39 is 5.97 Å². The summed E-state index contributed by atoms with van der Waals surface area (Å²) < 4.78 is 11.8. The van der Waals surface area contributed by atoms with Crippen molar-refractivity contribution in [1.82, 2.24) is 9.88 Å². The molecular formula is C24H26N2O4. The molecule has 1 N–H and O–H groups in total. The Balaban J connectivity index is 1.35. The second kappa shape index (κ2) is 8.71. The molecule has 1 atom stereocenters. The number of likely N-dealkylation sites (tertiary alicyclic amines) is 1. The number of aliphatic carboxylic acids is 1. The SMILES string of the molecule is Cc1ccccc1-c1nc(CCOc2cccc(CN3CCC3C(=O)O)c2)c(C)o1. The molecule has 6 heteroatoms. The van der Waals surface area contributed by atoms with E-state index in [9.17, 15) is 9.90 Å². The molecular weight excluding hydrogens is 380 g/mol. The van der Waals surface area contributed by atoms with Gasteiger partial charge in [-0.25, -0.2) is 4.98 Å². The van der Waals surface area contributed by atoms with Gasteiger partial charge in [0.05, 0.1) is 12.3 Å². The number of aryl methyl sites for hydroxylation is 2. The van der Waals surface area contributed by atoms with Gasteiger partial charge in [0.2, 0.25) is 5.89 Å². The first-order chi connectivity index (χ1) is 14.5. The van der Waals surface area contributed by atoms with Crippen LogP contribution in [-0.2, 0) is 17.8 Å². The average molecular weight is 406 g/mol. The molecule has 156 valence electrons. The number of nitrogens with zero attached hydrogens (tertiary/aromatic N) is 2. The van der Waals surface area contributed by atoms with Gasteiger partial charge in [-0.15, -0.1) is 0 Å². The first-order valence-electron chi connectivity index (χ1n) is 10.2. The minimum absolute atomic E-state index is 0.368. The third-order valence-corrected chi connectivity index (χ3v) is 5.58. The number of rotatable bonds is 8. The predicted molar refractivity (Wildman–Crippen MR) is 114 cm³/mol. The molecule has 2 heterocycles. The van der Waals surface area contributed by atoms with Crippen molar-refractivity contribution in [2.45, 2.75) is 39.3 Å². The Hall–Kier alpha value is -3.12. The van der Waals surface area contributed by atoms with Gasteiger partial charge in [-0.2, -0.15) is 0 Å². The van der Waals surface area contributed by atoms with E-state index in [1.165, 1.54) is 0 Å². The Morgan fingerprint density at radius 1 is 1.23 bits per heavy atom. The van der Waals surface area contributed by atoms with Gasteiger partial charge < -0.3 is 14.3 Å². The van der Waals surface area contributed by atoms with Crippen LogP contribution in [0.5, 0.6) is 5.75 Å². The van der Waals surface area contributed by atoms with Gasteiger partial charge in [-0.05, 0) is 49.6 Å². The third kappa shape index (κ3) is 4.39. The maximum atomic E-state index is 11.2. The summed E-state index contributed by atoms with van der Waals surface area (Å²) in [6, 6.07) is 15.5. The second-order valence-corrected chi connectivity index (χ2v) is 7.70. The van der Waals surface area contributed by atoms with Crippen LogP contribution in [0.15, 0.2) is 52.9 Å². The number of aromatic nitrogens is 1. The maximum absolute atomic E-state index is 11.2. The fourth-order valence-corrected chi connectivity index (χ4v) is 3.73. The van der Waals surface area contributed by atoms with Gasteiger partial charge in [0.1, 0.15) is 17.6 Å². The van der Waals surface area contributed by atoms with Crippen molar-refractivity contribution in [3.05, 3.63) is 71.1 Å². The standard InChI is InChI=1S/C24H26N2O4/c1-16-6-3-4-9-20(16)23-25-21(17(2)30-23)11-13-29-19-8-5-7-18(14-19)15-26-12-10-22(26)24(27)28/h3-9,14,22H,10-13,15H2,1-2H3,(H,27,28). The predicted octanol–water partition coefficient (Wildman–Crippen LogP) is 4.24. The van der Waals surface area contributed by atoms with E-state index in [0.29, 0.717) is 31.9 Å². The molecule has 1 fully saturated rings. The lowest BCUT2D eigenvalue weighted by atomic mass is 10.0. The highest BCUT2D eigenvalue weighted by molar-refractivity contribution is 5.74. The molecule has 1 aliphatic heterocycles. The molecule has 1 aliphatic rings. The lowest BCUT2D eigenvalue weighted by Crippen LogP contribution is -2.51. The Labute approximate surface area is 176 Å². The van der Waals surface area contributed by atoms with E-state index in [1.54, 1.807) is 0 Å². The first kappa shape index (κ1) is 20.2. The molecule has 0 amide bonds. The molecule has 4 rings (SSSR count). The summed E-state index contributed by atoms with van der Waals surface area (Å²) in [4.78, 5) is 17.8. The molecule has 1 saturated heterocycles. The normalized spacial score (nSPS) is 16.3. The van der Waals surface area contributed by atoms with E-state index >= 15 is 0 Å². The Morgan fingerprint density at radius 2 is 2.07 bits per heavy atom. The second-order valence-electron chi connectivity index (χ2n) is 7.70. The lowest BCUT2D eigenvalue weighted by Gasteiger charge is -2.37. The summed E-state index contributed by atoms with van der Waals surface area (Å²) >= 11 is 0. The molecule has 1 aromatic heterocycles. The number of carboxylic acid groups (broad SMARTS) is 1. The van der Waals surface area contributed by atoms with E-state index in [4.69, 9.17) is 9.15 Å². The topological polar surface area (TPSA) is 75.8 Å². The molecule has 30 heavy (non-hydrogen) atoms. The smallest absolute Gasteiger partial charge is 0.320 e. The Kier molecular flexibility index (Phi) is 5.86. The maximum Gasteiger partial charge on any atom is 0.320 e. The Morgan fingerprint density at radius 3 is 2.80 bits per heavy atom. The van der Waals surface area contributed by atoms with Gasteiger partial charge in [-0.1, -0.05) is 30.3 Å². The minimum atomic E-state index is -0.748. The summed E-state index contributed by atoms with van der Waals surface area (Å²) in [5, 5.41) is 9.19. The lowest BCUT2D eigenvalue weighted by molar-refractivity contribution is -0.148. The number of oxazole rings is 1. The fourth-order valence-electron chi connectivity index (χ4n) is 3.73. The molecule has 0 radical (unpaired) electrons. The van der Waals surface area contributed by atoms with Crippen LogP contribution >= 0.6 is 0 Å². The van der Waals surface area contributed by atoms with E-state index in [2.05, 4.69) is 4.98 Å². The van der Waals surface area contributed by atoms with Gasteiger partial charge in [0.25, 0.3) is 0 Å². The van der Waals surface area contributed by atoms with Gasteiger partial charge in [-0.3, -0.25) is 9.69 Å². The van der Waals surface area contributed by atoms with Crippen molar-refractivity contribution < 1.29 is 19.1 Å². The number of carboxylic acids is 1. The van der Waals surface area contributed by atoms with Crippen molar-refractivity contribution in [2.75, 3.05) is 13.2 Å². The van der Waals surface area contributed by atoms with Crippen LogP contribution < -0.4 is 4.74 Å². The van der Waals surface area contributed by atoms with Crippen molar-refractivity contribution >= 4 is 5.97 Å². The number of benzene rings is 2. The highest BCUT2D eigenvalue weighted by Gasteiger charge is 2.33. The number of ether oxygens (including phenoxy) is 1. The summed E-state index contributed by atoms with van der Waals surface area (Å²) in [6.07, 6.45) is 1.37. The molecule has 1 unspecified atom stereocenters. The molecule has 0 spiro atoms. The first-order valence-corrected chi connectivity index (χ1v) is 10.2. The number of carbonyl (C=O) groups is 1. The summed E-state index contributed by atoms with van der Waals surface area (Å²) in [5.41, 5.74) is 4.09. The van der Waals surface area contributed by atoms with Crippen LogP contribution in [0.25, 0.3) is 11.5 Å². The zero-order valence-corrected chi connectivity index (χ0v) is 17.3. The third-order valence-electron chi connectivity index (χ3n) is 5.58. The van der Waals surface area contributed by atoms with Crippen molar-refractivity contribution in [3.63, 3.8) is 0 Å². The highest BCUT2D eigenvalue weighted by Crippen LogP contribution is 2.25. The van der Waals surface area contributed by atoms with Crippen LogP contribution in [0.2, 0.25) is 0 Å². The van der Waals surface area contributed by atoms with Crippen LogP contribution in [0.3, 0.4) is 0 Å². The summed E-state index contributed by atoms with van der Waals surface area (Å²) in [7, 11) is 0. The number of hydrogen-bond acceptors (Lipinski definition) is 5. The van der Waals surface area contributed by atoms with Crippen LogP contribution in [0.1, 0.15) is 29.0 Å². The van der Waals surface area contributed by atoms with E-state index in [0.717, 1.165) is 40.4 Å². The average Bonchev–Trinajstić information content (AvgIpc) is 3.06. The van der Waals surface area contributed by atoms with E-state index in [1.807, 2.05) is 67.3 Å². The quantitative estimate of drug-likeness (QED) is 0.603. The van der Waals surface area contributed by atoms with Crippen molar-refractivity contribution in [3.8, 4) is 17.2 Å². The van der Waals surface area contributed by atoms with E-state index in [-0.39, 0.29) is 6.04 Å². The zero-order chi connectivity index (χ0) is 21.1. The van der Waals surface area contributed by atoms with Crippen LogP contribution in [0, 0.1) is 13.8 Å². The van der Waals surface area contributed by atoms with Crippen LogP contribution in [0.4, 0.5) is 0 Å². The van der Waals surface area contributed by atoms with Crippen molar-refractivity contribution in [1.29, 1.82) is 0 Å². The largest absolute Gasteiger partial charge is 0.493 e. The number of hydrogen-bond donors (Lipinski definition) is 1. The fraction of sp³-hybridized carbons (Fsp3) is 0.333. The van der Waals surface area contributed by atoms with Gasteiger partial charge in [0.15, 0.2) is 0 Å². The van der Waals surface area contributed by atoms with Gasteiger partial charge in [0, 0.05) is 25.1 Å². The van der Waals surface area contributed by atoms with Crippen LogP contribution in [-0.4, -0.2) is 40.2 Å². The monoisotopic (exact) mass is 406 g/mol. The zero-order valence-electron chi connectivity index (χ0n) is 17.3. The highest BCUT2D eigenvalue weighted by atomic mass is 16.5. The molecule has 0 saturated carbocycles. The van der Waals surface area contributed by atoms with Crippen molar-refractivity contribution in [2.24, 2.45) is 0 Å².